The number of benzene rings is 1. The fourth-order valence-electron chi connectivity index (χ4n) is 3.40. The second-order valence-electron chi connectivity index (χ2n) is 6.43. The second-order valence-corrected chi connectivity index (χ2v) is 8.06. The van der Waals surface area contributed by atoms with Crippen LogP contribution in [0.4, 0.5) is 26.7 Å². The number of carbonyl (C=O) groups excluding carboxylic acids is 2. The number of pyridine rings is 1. The van der Waals surface area contributed by atoms with Crippen LogP contribution < -0.4 is 20.1 Å². The molecule has 0 saturated heterocycles. The molecular weight excluding hydrogens is 406 g/mol. The highest BCUT2D eigenvalue weighted by Gasteiger charge is 2.35. The smallest absolute Gasteiger partial charge is 0.331 e. The van der Waals surface area contributed by atoms with E-state index in [1.165, 1.54) is 16.5 Å². The monoisotopic (exact) mass is 419 g/mol. The van der Waals surface area contributed by atoms with Crippen LogP contribution in [0.25, 0.3) is 10.2 Å². The van der Waals surface area contributed by atoms with E-state index in [2.05, 4.69) is 20.3 Å². The van der Waals surface area contributed by atoms with Gasteiger partial charge in [-0.1, -0.05) is 6.07 Å². The molecule has 0 aliphatic carbocycles. The molecule has 0 bridgehead atoms. The molecule has 0 spiro atoms. The summed E-state index contributed by atoms with van der Waals surface area (Å²) < 4.78 is 5.78. The first kappa shape index (κ1) is 18.0. The van der Waals surface area contributed by atoms with Crippen LogP contribution in [0.2, 0.25) is 0 Å². The van der Waals surface area contributed by atoms with Crippen LogP contribution in [0, 0.1) is 6.92 Å². The van der Waals surface area contributed by atoms with Crippen molar-refractivity contribution < 1.29 is 19.4 Å². The number of ether oxygens (including phenoxy) is 1. The SMILES string of the molecule is Cc1c(Oc2ncccn2)cccc1N1C(=O)Nc2c[s+](C(=O)[O-])c3nccc1c23. The van der Waals surface area contributed by atoms with Crippen molar-refractivity contribution in [2.75, 3.05) is 10.2 Å². The van der Waals surface area contributed by atoms with Crippen LogP contribution in [0.15, 0.2) is 54.3 Å². The number of hydrogen-bond donors (Lipinski definition) is 1. The highest BCUT2D eigenvalue weighted by atomic mass is 32.2. The number of anilines is 3. The van der Waals surface area contributed by atoms with Gasteiger partial charge in [-0.3, -0.25) is 4.90 Å². The molecule has 1 N–H and O–H groups in total. The molecule has 4 aromatic rings. The maximum absolute atomic E-state index is 13.0. The van der Waals surface area contributed by atoms with E-state index >= 15 is 0 Å². The molecule has 1 aromatic carbocycles. The number of nitrogens with zero attached hydrogens (tertiary/aromatic N) is 4. The Balaban J connectivity index is 1.65. The van der Waals surface area contributed by atoms with Gasteiger partial charge in [0.2, 0.25) is 0 Å². The van der Waals surface area contributed by atoms with Crippen molar-refractivity contribution in [1.82, 2.24) is 15.0 Å². The minimum absolute atomic E-state index is 0.189. The average Bonchev–Trinajstić information content (AvgIpc) is 3.11. The van der Waals surface area contributed by atoms with E-state index in [9.17, 15) is 14.7 Å². The third-order valence-corrected chi connectivity index (χ3v) is 6.27. The lowest BCUT2D eigenvalue weighted by atomic mass is 10.1. The lowest BCUT2D eigenvalue weighted by molar-refractivity contribution is -0.233. The van der Waals surface area contributed by atoms with Gasteiger partial charge in [0.15, 0.2) is 5.38 Å². The van der Waals surface area contributed by atoms with Gasteiger partial charge in [-0.25, -0.2) is 19.7 Å². The average molecular weight is 419 g/mol. The number of nitrogens with one attached hydrogen (secondary N) is 1. The molecule has 10 heteroatoms. The first-order chi connectivity index (χ1) is 14.5. The Kier molecular flexibility index (Phi) is 4.07. The van der Waals surface area contributed by atoms with E-state index < -0.39 is 21.8 Å². The number of amides is 2. The lowest BCUT2D eigenvalue weighted by Crippen LogP contribution is -2.34. The summed E-state index contributed by atoms with van der Waals surface area (Å²) in [5.74, 6) is 0.494. The largest absolute Gasteiger partial charge is 0.500 e. The maximum Gasteiger partial charge on any atom is 0.331 e. The van der Waals surface area contributed by atoms with Crippen molar-refractivity contribution in [2.45, 2.75) is 6.92 Å². The number of hydrogen-bond acceptors (Lipinski definition) is 7. The zero-order valence-corrected chi connectivity index (χ0v) is 16.3. The molecular formula is C20H13N5O4S. The Labute approximate surface area is 172 Å². The summed E-state index contributed by atoms with van der Waals surface area (Å²) in [5.41, 5.74) is 2.25. The summed E-state index contributed by atoms with van der Waals surface area (Å²) in [6.45, 7) is 1.82. The van der Waals surface area contributed by atoms with Crippen LogP contribution in [0.5, 0.6) is 11.8 Å². The predicted molar refractivity (Wildman–Crippen MR) is 109 cm³/mol. The van der Waals surface area contributed by atoms with Crippen molar-refractivity contribution in [2.24, 2.45) is 0 Å². The van der Waals surface area contributed by atoms with Crippen LogP contribution >= 0.6 is 10.5 Å². The molecule has 1 aliphatic heterocycles. The minimum Gasteiger partial charge on any atom is -0.500 e. The molecule has 1 unspecified atom stereocenters. The first-order valence-electron chi connectivity index (χ1n) is 8.85. The lowest BCUT2D eigenvalue weighted by Gasteiger charge is -2.28. The number of carboxylic acid groups (broad SMARTS) is 1. The molecule has 148 valence electrons. The number of aromatic nitrogens is 3. The van der Waals surface area contributed by atoms with Gasteiger partial charge in [-0.2, -0.15) is 0 Å². The van der Waals surface area contributed by atoms with Gasteiger partial charge in [0.1, 0.15) is 16.8 Å². The third-order valence-electron chi connectivity index (χ3n) is 4.71. The van der Waals surface area contributed by atoms with Crippen LogP contribution in [-0.2, 0) is 0 Å². The third kappa shape index (κ3) is 2.73. The van der Waals surface area contributed by atoms with E-state index in [0.717, 1.165) is 0 Å². The van der Waals surface area contributed by atoms with E-state index in [-0.39, 0.29) is 6.01 Å². The van der Waals surface area contributed by atoms with E-state index in [0.29, 0.717) is 38.6 Å². The summed E-state index contributed by atoms with van der Waals surface area (Å²) in [7, 11) is -1.33. The highest BCUT2D eigenvalue weighted by Crippen LogP contribution is 2.47. The molecule has 9 nitrogen and oxygen atoms in total. The van der Waals surface area contributed by atoms with E-state index in [1.807, 2.05) is 6.92 Å². The Morgan fingerprint density at radius 2 is 1.90 bits per heavy atom. The summed E-state index contributed by atoms with van der Waals surface area (Å²) in [6, 6.07) is 8.44. The molecule has 3 aromatic heterocycles. The summed E-state index contributed by atoms with van der Waals surface area (Å²) >= 11 is 0. The highest BCUT2D eigenvalue weighted by molar-refractivity contribution is 7.54. The van der Waals surface area contributed by atoms with Gasteiger partial charge in [0.05, 0.1) is 21.8 Å². The molecule has 4 heterocycles. The first-order valence-corrected chi connectivity index (χ1v) is 10.1. The Hall–Kier alpha value is -4.05. The van der Waals surface area contributed by atoms with Gasteiger partial charge in [-0.15, -0.1) is 0 Å². The number of rotatable bonds is 4. The number of urea groups is 1. The van der Waals surface area contributed by atoms with Crippen molar-refractivity contribution in [3.8, 4) is 11.8 Å². The Morgan fingerprint density at radius 3 is 2.67 bits per heavy atom. The summed E-state index contributed by atoms with van der Waals surface area (Å²) in [4.78, 5) is 38.7. The zero-order chi connectivity index (χ0) is 20.8. The van der Waals surface area contributed by atoms with Gasteiger partial charge < -0.3 is 20.0 Å². The standard InChI is InChI=1S/C20H13N5O4S/c1-11-13(4-2-5-15(11)29-18-22-7-3-8-23-18)25-14-6-9-21-17-16(14)12(24-19(25)26)10-30(17)20(27)28/h2-10H,1H3,(H-,24,26,27,28). The molecule has 1 atom stereocenters. The fourth-order valence-corrected chi connectivity index (χ4v) is 4.79. The molecule has 5 rings (SSSR count). The molecule has 1 aliphatic rings. The minimum atomic E-state index is -1.33. The molecule has 0 saturated carbocycles. The van der Waals surface area contributed by atoms with Gasteiger partial charge in [0, 0.05) is 24.2 Å². The number of carbonyl (C=O) groups is 2. The topological polar surface area (TPSA) is 120 Å². The van der Waals surface area contributed by atoms with Crippen molar-refractivity contribution in [3.63, 3.8) is 0 Å². The summed E-state index contributed by atoms with van der Waals surface area (Å²) in [6.07, 6.45) is 4.64. The number of thiophene rings is 1. The second kappa shape index (κ2) is 6.78. The quantitative estimate of drug-likeness (QED) is 0.500. The predicted octanol–water partition coefficient (Wildman–Crippen LogP) is 3.75. The van der Waals surface area contributed by atoms with Gasteiger partial charge in [0.25, 0.3) is 4.83 Å². The van der Waals surface area contributed by atoms with E-state index in [4.69, 9.17) is 4.74 Å². The zero-order valence-electron chi connectivity index (χ0n) is 15.5. The van der Waals surface area contributed by atoms with Gasteiger partial charge in [-0.05, 0) is 31.2 Å². The van der Waals surface area contributed by atoms with Crippen molar-refractivity contribution in [1.29, 1.82) is 0 Å². The van der Waals surface area contributed by atoms with Crippen molar-refractivity contribution >= 4 is 49.1 Å². The van der Waals surface area contributed by atoms with Crippen LogP contribution in [0.3, 0.4) is 0 Å². The van der Waals surface area contributed by atoms with Crippen LogP contribution in [-0.4, -0.2) is 26.3 Å². The maximum atomic E-state index is 13.0. The molecule has 0 radical (unpaired) electrons. The fraction of sp³-hybridized carbons (Fsp3) is 0.0500. The molecule has 2 amide bonds. The van der Waals surface area contributed by atoms with Crippen molar-refractivity contribution in [3.05, 3.63) is 59.9 Å². The van der Waals surface area contributed by atoms with Gasteiger partial charge >= 0.3 is 17.3 Å². The Morgan fingerprint density at radius 1 is 1.10 bits per heavy atom. The Bertz CT molecular complexity index is 1320. The summed E-state index contributed by atoms with van der Waals surface area (Å²) in [5, 5.41) is 15.1. The van der Waals surface area contributed by atoms with Crippen LogP contribution in [0.1, 0.15) is 5.56 Å². The van der Waals surface area contributed by atoms with E-state index in [1.54, 1.807) is 42.7 Å². The molecule has 0 fully saturated rings. The normalized spacial score (nSPS) is 13.3. The molecule has 30 heavy (non-hydrogen) atoms.